The van der Waals surface area contributed by atoms with E-state index in [1.807, 2.05) is 6.07 Å². The van der Waals surface area contributed by atoms with Gasteiger partial charge in [-0.1, -0.05) is 0 Å². The molecule has 1 heterocycles. The number of nitriles is 1. The normalized spacial score (nSPS) is 10.5. The molecule has 0 fully saturated rings. The minimum atomic E-state index is -1.34. The van der Waals surface area contributed by atoms with Crippen molar-refractivity contribution in [3.8, 4) is 17.5 Å². The summed E-state index contributed by atoms with van der Waals surface area (Å²) in [4.78, 5) is 18.1. The van der Waals surface area contributed by atoms with Gasteiger partial charge in [0.15, 0.2) is 0 Å². The number of carboxylic acid groups (broad SMARTS) is 1. The fourth-order valence-corrected chi connectivity index (χ4v) is 2.03. The van der Waals surface area contributed by atoms with Gasteiger partial charge < -0.3 is 10.1 Å². The van der Waals surface area contributed by atoms with Crippen LogP contribution in [0, 0.1) is 17.1 Å². The summed E-state index contributed by atoms with van der Waals surface area (Å²) in [7, 11) is 0. The Balaban J connectivity index is 2.12. The predicted molar refractivity (Wildman–Crippen MR) is 73.2 cm³/mol. The summed E-state index contributed by atoms with van der Waals surface area (Å²) >= 11 is 0. The van der Waals surface area contributed by atoms with E-state index in [1.165, 1.54) is 6.07 Å². The van der Waals surface area contributed by atoms with E-state index in [9.17, 15) is 9.18 Å². The molecule has 6 heteroatoms. The molecule has 102 valence electrons. The fourth-order valence-electron chi connectivity index (χ4n) is 2.03. The van der Waals surface area contributed by atoms with Gasteiger partial charge in [-0.2, -0.15) is 5.26 Å². The lowest BCUT2D eigenvalue weighted by molar-refractivity contribution is 0.0692. The maximum Gasteiger partial charge on any atom is 0.338 e. The number of hydrogen-bond acceptors (Lipinski definition) is 3. The fraction of sp³-hybridized carbons (Fsp3) is 0. The second kappa shape index (κ2) is 4.72. The maximum absolute atomic E-state index is 13.6. The molecule has 0 radical (unpaired) electrons. The highest BCUT2D eigenvalue weighted by Gasteiger charge is 2.14. The minimum absolute atomic E-state index is 0.369. The van der Waals surface area contributed by atoms with Crippen molar-refractivity contribution in [2.45, 2.75) is 0 Å². The van der Waals surface area contributed by atoms with Gasteiger partial charge in [-0.05, 0) is 30.3 Å². The lowest BCUT2D eigenvalue weighted by atomic mass is 10.1. The molecule has 0 saturated carbocycles. The van der Waals surface area contributed by atoms with Gasteiger partial charge in [0.1, 0.15) is 11.6 Å². The molecule has 0 saturated heterocycles. The first-order valence-electron chi connectivity index (χ1n) is 6.01. The molecular weight excluding hydrogens is 273 g/mol. The number of carboxylic acids is 1. The Bertz CT molecular complexity index is 892. The Morgan fingerprint density at radius 2 is 2.00 bits per heavy atom. The van der Waals surface area contributed by atoms with Gasteiger partial charge in [-0.25, -0.2) is 14.2 Å². The van der Waals surface area contributed by atoms with Gasteiger partial charge >= 0.3 is 5.97 Å². The molecule has 0 unspecified atom stereocenters. The van der Waals surface area contributed by atoms with E-state index in [2.05, 4.69) is 9.97 Å². The highest BCUT2D eigenvalue weighted by molar-refractivity contribution is 5.93. The monoisotopic (exact) mass is 281 g/mol. The molecule has 0 aliphatic heterocycles. The van der Waals surface area contributed by atoms with Crippen LogP contribution in [0.15, 0.2) is 36.4 Å². The lowest BCUT2D eigenvalue weighted by Crippen LogP contribution is -1.99. The van der Waals surface area contributed by atoms with E-state index in [4.69, 9.17) is 10.4 Å². The second-order valence-electron chi connectivity index (χ2n) is 4.43. The van der Waals surface area contributed by atoms with E-state index in [1.54, 1.807) is 24.3 Å². The Labute approximate surface area is 118 Å². The van der Waals surface area contributed by atoms with Gasteiger partial charge in [0.25, 0.3) is 0 Å². The molecule has 5 nitrogen and oxygen atoms in total. The Morgan fingerprint density at radius 3 is 2.62 bits per heavy atom. The average molecular weight is 281 g/mol. The molecule has 0 bridgehead atoms. The minimum Gasteiger partial charge on any atom is -0.478 e. The van der Waals surface area contributed by atoms with Crippen molar-refractivity contribution in [3.63, 3.8) is 0 Å². The molecule has 0 spiro atoms. The van der Waals surface area contributed by atoms with E-state index in [0.29, 0.717) is 22.4 Å². The van der Waals surface area contributed by atoms with Crippen LogP contribution in [-0.4, -0.2) is 21.0 Å². The summed E-state index contributed by atoms with van der Waals surface area (Å²) in [5.41, 5.74) is 1.61. The van der Waals surface area contributed by atoms with Gasteiger partial charge in [0.05, 0.1) is 28.2 Å². The molecule has 3 rings (SSSR count). The first-order valence-corrected chi connectivity index (χ1v) is 6.01. The van der Waals surface area contributed by atoms with Gasteiger partial charge in [-0.15, -0.1) is 0 Å². The molecule has 1 aromatic heterocycles. The van der Waals surface area contributed by atoms with Crippen LogP contribution in [0.5, 0.6) is 0 Å². The number of aromatic amines is 1. The van der Waals surface area contributed by atoms with Crippen molar-refractivity contribution >= 4 is 17.0 Å². The van der Waals surface area contributed by atoms with Crippen LogP contribution < -0.4 is 0 Å². The summed E-state index contributed by atoms with van der Waals surface area (Å²) in [6, 6.07) is 11.0. The Kier molecular flexibility index (Phi) is 2.88. The predicted octanol–water partition coefficient (Wildman–Crippen LogP) is 2.94. The number of halogens is 1. The van der Waals surface area contributed by atoms with Crippen molar-refractivity contribution in [2.24, 2.45) is 0 Å². The zero-order valence-corrected chi connectivity index (χ0v) is 10.6. The summed E-state index contributed by atoms with van der Waals surface area (Å²) in [5.74, 6) is -1.67. The zero-order valence-electron chi connectivity index (χ0n) is 10.6. The average Bonchev–Trinajstić information content (AvgIpc) is 2.89. The number of carbonyl (C=O) groups is 1. The number of nitrogens with one attached hydrogen (secondary N) is 1. The third kappa shape index (κ3) is 2.21. The van der Waals surface area contributed by atoms with E-state index >= 15 is 0 Å². The third-order valence-corrected chi connectivity index (χ3v) is 3.09. The zero-order chi connectivity index (χ0) is 15.0. The van der Waals surface area contributed by atoms with Crippen LogP contribution in [-0.2, 0) is 0 Å². The van der Waals surface area contributed by atoms with Gasteiger partial charge in [0, 0.05) is 11.6 Å². The van der Waals surface area contributed by atoms with Crippen molar-refractivity contribution in [1.82, 2.24) is 9.97 Å². The first-order chi connectivity index (χ1) is 10.1. The number of fused-ring (bicyclic) bond motifs is 1. The number of benzene rings is 2. The Hall–Kier alpha value is -3.20. The van der Waals surface area contributed by atoms with Crippen LogP contribution in [0.25, 0.3) is 22.4 Å². The summed E-state index contributed by atoms with van der Waals surface area (Å²) in [6.45, 7) is 0. The maximum atomic E-state index is 13.6. The lowest BCUT2D eigenvalue weighted by Gasteiger charge is -1.96. The van der Waals surface area contributed by atoms with Crippen molar-refractivity contribution in [2.75, 3.05) is 0 Å². The van der Waals surface area contributed by atoms with E-state index in [-0.39, 0.29) is 0 Å². The molecule has 2 N–H and O–H groups in total. The number of hydrogen-bond donors (Lipinski definition) is 2. The highest BCUT2D eigenvalue weighted by Crippen LogP contribution is 2.23. The molecule has 3 aromatic rings. The number of aromatic carboxylic acids is 1. The van der Waals surface area contributed by atoms with Crippen molar-refractivity contribution < 1.29 is 14.3 Å². The topological polar surface area (TPSA) is 89.8 Å². The molecule has 0 aliphatic carbocycles. The molecular formula is C15H8FN3O2. The van der Waals surface area contributed by atoms with Crippen molar-refractivity contribution in [1.29, 1.82) is 5.26 Å². The van der Waals surface area contributed by atoms with Crippen LogP contribution in [0.1, 0.15) is 15.9 Å². The molecule has 21 heavy (non-hydrogen) atoms. The van der Waals surface area contributed by atoms with Crippen LogP contribution in [0.3, 0.4) is 0 Å². The highest BCUT2D eigenvalue weighted by atomic mass is 19.1. The molecule has 0 atom stereocenters. The van der Waals surface area contributed by atoms with Gasteiger partial charge in [-0.3, -0.25) is 0 Å². The second-order valence-corrected chi connectivity index (χ2v) is 4.43. The largest absolute Gasteiger partial charge is 0.478 e. The quantitative estimate of drug-likeness (QED) is 0.755. The summed E-state index contributed by atoms with van der Waals surface area (Å²) in [6.07, 6.45) is 0. The summed E-state index contributed by atoms with van der Waals surface area (Å²) < 4.78 is 13.6. The van der Waals surface area contributed by atoms with Crippen LogP contribution >= 0.6 is 0 Å². The smallest absolute Gasteiger partial charge is 0.338 e. The number of imidazole rings is 1. The summed E-state index contributed by atoms with van der Waals surface area (Å²) in [5, 5.41) is 17.7. The molecule has 2 aromatic carbocycles. The van der Waals surface area contributed by atoms with E-state index < -0.39 is 17.3 Å². The molecule has 0 amide bonds. The van der Waals surface area contributed by atoms with Crippen LogP contribution in [0.2, 0.25) is 0 Å². The Morgan fingerprint density at radius 1 is 1.29 bits per heavy atom. The number of rotatable bonds is 2. The number of H-pyrrole nitrogens is 1. The third-order valence-electron chi connectivity index (χ3n) is 3.09. The standard InChI is InChI=1S/C15H8FN3O2/c16-11-6-13-12(5-10(11)15(20)21)18-14(19-13)9-3-1-8(7-17)2-4-9/h1-6H,(H,18,19)(H,20,21). The molecule has 0 aliphatic rings. The number of aromatic nitrogens is 2. The van der Waals surface area contributed by atoms with Crippen LogP contribution in [0.4, 0.5) is 4.39 Å². The van der Waals surface area contributed by atoms with E-state index in [0.717, 1.165) is 11.6 Å². The number of nitrogens with zero attached hydrogens (tertiary/aromatic N) is 2. The SMILES string of the molecule is N#Cc1ccc(-c2nc3cc(C(=O)O)c(F)cc3[nH]2)cc1. The van der Waals surface area contributed by atoms with Gasteiger partial charge in [0.2, 0.25) is 0 Å². The van der Waals surface area contributed by atoms with Crippen molar-refractivity contribution in [3.05, 3.63) is 53.3 Å². The first kappa shape index (κ1) is 12.8.